The monoisotopic (exact) mass is 399 g/mol. The number of hydrogen-bond donors (Lipinski definition) is 3. The first-order valence-electron chi connectivity index (χ1n) is 10.1. The third kappa shape index (κ3) is 4.46. The average molecular weight is 399 g/mol. The molecule has 0 saturated carbocycles. The van der Waals surface area contributed by atoms with Crippen molar-refractivity contribution in [2.45, 2.75) is 57.3 Å². The molecule has 3 aliphatic rings. The van der Waals surface area contributed by atoms with E-state index >= 15 is 0 Å². The molecule has 9 nitrogen and oxygen atoms in total. The lowest BCUT2D eigenvalue weighted by Crippen LogP contribution is -2.56. The fourth-order valence-electron chi connectivity index (χ4n) is 4.86. The van der Waals surface area contributed by atoms with Crippen molar-refractivity contribution in [3.05, 3.63) is 16.6 Å². The minimum Gasteiger partial charge on any atom is -0.349 e. The fraction of sp³-hybridized carbons (Fsp3) is 0.700. The molecule has 0 aromatic carbocycles. The average Bonchev–Trinajstić information content (AvgIpc) is 2.67. The van der Waals surface area contributed by atoms with E-state index in [-0.39, 0.29) is 48.6 Å². The Morgan fingerprint density at radius 3 is 2.83 bits per heavy atom. The number of carbonyl (C=O) groups excluding carboxylic acids is 2. The number of nitrogens with zero attached hydrogens (tertiary/aromatic N) is 3. The van der Waals surface area contributed by atoms with Crippen LogP contribution in [0.15, 0.2) is 11.6 Å². The van der Waals surface area contributed by atoms with Gasteiger partial charge in [-0.25, -0.2) is 0 Å². The number of fused-ring (bicyclic) bond motifs is 1. The van der Waals surface area contributed by atoms with Crippen LogP contribution in [0.4, 0.5) is 0 Å². The Hall–Kier alpha value is -2.78. The topological polar surface area (TPSA) is 138 Å². The highest BCUT2D eigenvalue weighted by molar-refractivity contribution is 5.99. The molecule has 7 atom stereocenters. The summed E-state index contributed by atoms with van der Waals surface area (Å²) in [6.07, 6.45) is 3.01. The largest absolute Gasteiger partial charge is 0.349 e. The van der Waals surface area contributed by atoms with Gasteiger partial charge in [0.1, 0.15) is 12.0 Å². The molecule has 0 radical (unpaired) electrons. The molecule has 0 bridgehead atoms. The molecule has 0 spiro atoms. The maximum atomic E-state index is 12.6. The van der Waals surface area contributed by atoms with Crippen LogP contribution in [0.2, 0.25) is 0 Å². The lowest BCUT2D eigenvalue weighted by molar-refractivity contribution is -0.611. The molecular weight excluding hydrogens is 372 g/mol. The standard InChI is InChI=1S/C20H26N6O3/c1-11-5-13(8-21)10-26(29)19(11)12(2)24-18(27)7-14-6-15-16(25-20(14)28)3-4-23-17(15)9-22/h6,11-13,15-17,19,23H,3-5,7,10H2,1-2H3,(H-,24,25,27,28)/p+1/t11?,12-,13?,15?,16?,17?,19?/m1/s1. The van der Waals surface area contributed by atoms with Crippen molar-refractivity contribution in [2.75, 3.05) is 13.1 Å². The third-order valence-electron chi connectivity index (χ3n) is 6.22. The van der Waals surface area contributed by atoms with E-state index in [1.807, 2.05) is 6.92 Å². The number of rotatable bonds is 4. The van der Waals surface area contributed by atoms with Crippen molar-refractivity contribution < 1.29 is 14.3 Å². The summed E-state index contributed by atoms with van der Waals surface area (Å²) in [5.74, 6) is -1.09. The molecule has 2 amide bonds. The van der Waals surface area contributed by atoms with Crippen molar-refractivity contribution in [1.29, 1.82) is 10.5 Å². The summed E-state index contributed by atoms with van der Waals surface area (Å²) in [5, 5.41) is 27.3. The molecule has 2 saturated heterocycles. The molecule has 0 aromatic heterocycles. The van der Waals surface area contributed by atoms with Gasteiger partial charge in [-0.2, -0.15) is 10.5 Å². The highest BCUT2D eigenvalue weighted by Gasteiger charge is 2.44. The minimum atomic E-state index is -0.410. The van der Waals surface area contributed by atoms with Crippen LogP contribution in [-0.2, 0) is 9.59 Å². The van der Waals surface area contributed by atoms with Crippen LogP contribution in [0, 0.1) is 45.3 Å². The normalized spacial score (nSPS) is 35.2. The van der Waals surface area contributed by atoms with Crippen molar-refractivity contribution in [3.8, 4) is 12.1 Å². The van der Waals surface area contributed by atoms with Crippen molar-refractivity contribution in [2.24, 2.45) is 17.8 Å². The number of nitriles is 2. The number of carbonyl (C=O) groups is 2. The second-order valence-electron chi connectivity index (χ2n) is 8.36. The molecule has 3 N–H and O–H groups in total. The van der Waals surface area contributed by atoms with Gasteiger partial charge in [-0.3, -0.25) is 9.59 Å². The zero-order chi connectivity index (χ0) is 21.1. The molecule has 2 fully saturated rings. The van der Waals surface area contributed by atoms with E-state index in [2.05, 4.69) is 28.1 Å². The van der Waals surface area contributed by atoms with Gasteiger partial charge < -0.3 is 16.0 Å². The summed E-state index contributed by atoms with van der Waals surface area (Å²) in [7, 11) is 0. The zero-order valence-electron chi connectivity index (χ0n) is 16.7. The lowest BCUT2D eigenvalue weighted by Gasteiger charge is -2.38. The molecule has 9 heteroatoms. The summed E-state index contributed by atoms with van der Waals surface area (Å²) in [6, 6.07) is 3.06. The Balaban J connectivity index is 1.63. The first-order valence-corrected chi connectivity index (χ1v) is 10.1. The quantitative estimate of drug-likeness (QED) is 0.575. The van der Waals surface area contributed by atoms with Gasteiger partial charge in [-0.05, 0) is 26.3 Å². The van der Waals surface area contributed by atoms with Gasteiger partial charge in [0.2, 0.25) is 24.4 Å². The van der Waals surface area contributed by atoms with Gasteiger partial charge >= 0.3 is 0 Å². The van der Waals surface area contributed by atoms with E-state index in [0.29, 0.717) is 18.5 Å². The van der Waals surface area contributed by atoms with Gasteiger partial charge in [-0.1, -0.05) is 13.0 Å². The van der Waals surface area contributed by atoms with Gasteiger partial charge in [0, 0.05) is 33.1 Å². The molecule has 3 rings (SSSR count). The van der Waals surface area contributed by atoms with Crippen molar-refractivity contribution in [3.63, 3.8) is 0 Å². The van der Waals surface area contributed by atoms with Gasteiger partial charge in [-0.15, -0.1) is 0 Å². The molecule has 3 aliphatic heterocycles. The minimum absolute atomic E-state index is 0.0242. The maximum Gasteiger partial charge on any atom is 0.247 e. The number of nitroso groups, excluding NO2 is 1. The first kappa shape index (κ1) is 20.9. The second-order valence-corrected chi connectivity index (χ2v) is 8.36. The van der Waals surface area contributed by atoms with Crippen molar-refractivity contribution >= 4 is 11.8 Å². The predicted molar refractivity (Wildman–Crippen MR) is 103 cm³/mol. The van der Waals surface area contributed by atoms with E-state index in [9.17, 15) is 19.8 Å². The van der Waals surface area contributed by atoms with E-state index in [4.69, 9.17) is 5.26 Å². The third-order valence-corrected chi connectivity index (χ3v) is 6.22. The molecule has 6 unspecified atom stereocenters. The van der Waals surface area contributed by atoms with E-state index in [0.717, 1.165) is 11.2 Å². The highest BCUT2D eigenvalue weighted by Crippen LogP contribution is 2.27. The van der Waals surface area contributed by atoms with Crippen LogP contribution in [0.3, 0.4) is 0 Å². The Labute approximate surface area is 170 Å². The van der Waals surface area contributed by atoms with E-state index in [1.54, 1.807) is 13.0 Å². The van der Waals surface area contributed by atoms with Crippen LogP contribution in [0.25, 0.3) is 0 Å². The van der Waals surface area contributed by atoms with Gasteiger partial charge in [0.05, 0.1) is 24.6 Å². The van der Waals surface area contributed by atoms with Crippen LogP contribution in [0.1, 0.15) is 33.1 Å². The summed E-state index contributed by atoms with van der Waals surface area (Å²) in [4.78, 5) is 37.3. The maximum absolute atomic E-state index is 12.6. The Kier molecular flexibility index (Phi) is 6.29. The van der Waals surface area contributed by atoms with Crippen LogP contribution >= 0.6 is 0 Å². The smallest absolute Gasteiger partial charge is 0.247 e. The van der Waals surface area contributed by atoms with Gasteiger partial charge in [0.15, 0.2) is 0 Å². The van der Waals surface area contributed by atoms with Crippen LogP contribution < -0.4 is 16.0 Å². The Bertz CT molecular complexity index is 810. The Morgan fingerprint density at radius 1 is 1.41 bits per heavy atom. The Morgan fingerprint density at radius 2 is 2.17 bits per heavy atom. The molecule has 3 heterocycles. The predicted octanol–water partition coefficient (Wildman–Crippen LogP) is 0.135. The molecular formula is C20H27N6O3+. The van der Waals surface area contributed by atoms with Crippen LogP contribution in [0.5, 0.6) is 0 Å². The highest BCUT2D eigenvalue weighted by atomic mass is 16.3. The summed E-state index contributed by atoms with van der Waals surface area (Å²) in [5.41, 5.74) is 0.347. The van der Waals surface area contributed by atoms with Crippen LogP contribution in [-0.4, -0.2) is 53.8 Å². The zero-order valence-corrected chi connectivity index (χ0v) is 16.7. The number of nitrogens with one attached hydrogen (secondary N) is 3. The summed E-state index contributed by atoms with van der Waals surface area (Å²) in [6.45, 7) is 4.50. The first-order chi connectivity index (χ1) is 13.8. The summed E-state index contributed by atoms with van der Waals surface area (Å²) >= 11 is 0. The summed E-state index contributed by atoms with van der Waals surface area (Å²) < 4.78 is 0.898. The molecule has 0 aliphatic carbocycles. The van der Waals surface area contributed by atoms with E-state index in [1.165, 1.54) is 0 Å². The van der Waals surface area contributed by atoms with Gasteiger partial charge in [0.25, 0.3) is 0 Å². The number of amides is 2. The number of hydrogen-bond acceptors (Lipinski definition) is 6. The molecule has 0 aromatic rings. The molecule has 154 valence electrons. The molecule has 29 heavy (non-hydrogen) atoms. The fourth-order valence-corrected chi connectivity index (χ4v) is 4.86. The lowest BCUT2D eigenvalue weighted by atomic mass is 9.81. The van der Waals surface area contributed by atoms with Crippen molar-refractivity contribution in [1.82, 2.24) is 16.0 Å². The van der Waals surface area contributed by atoms with E-state index < -0.39 is 18.1 Å². The number of piperidine rings is 2. The second kappa shape index (κ2) is 8.71. The SMILES string of the molecule is CC1CC(C#N)C[N+](=O)C1[C@@H](C)NC(=O)CC1=CC2C(C#N)NCCC2NC1=O.